The minimum Gasteiger partial charge on any atom is -0.481 e. The van der Waals surface area contributed by atoms with Gasteiger partial charge in [-0.3, -0.25) is 9.59 Å². The quantitative estimate of drug-likeness (QED) is 0.0728. The highest BCUT2D eigenvalue weighted by Crippen LogP contribution is 2.13. The molecule has 0 saturated carbocycles. The molecule has 3 N–H and O–H groups in total. The minimum atomic E-state index is -0.953. The van der Waals surface area contributed by atoms with Crippen molar-refractivity contribution in [3.63, 3.8) is 0 Å². The van der Waals surface area contributed by atoms with E-state index in [9.17, 15) is 9.59 Å². The number of carboxylic acids is 1. The topological polar surface area (TPSA) is 104 Å². The Morgan fingerprint density at radius 3 is 1.22 bits per heavy atom. The largest absolute Gasteiger partial charge is 0.481 e. The number of aliphatic hydroxyl groups is 2. The third-order valence-corrected chi connectivity index (χ3v) is 6.63. The highest BCUT2D eigenvalue weighted by molar-refractivity contribution is 5.69. The van der Waals surface area contributed by atoms with Gasteiger partial charge in [0.2, 0.25) is 0 Å². The van der Waals surface area contributed by atoms with Crippen LogP contribution in [0.3, 0.4) is 0 Å². The SMILES string of the molecule is CCCCCCCCCCCCCC(=O)O.CCCCCCCCCCCCCC(=O)OCC(O)CO. The number of aliphatic carboxylic acids is 1. The fraction of sp³-hybridized carbons (Fsp3) is 0.935. The van der Waals surface area contributed by atoms with Crippen LogP contribution in [0.25, 0.3) is 0 Å². The fourth-order valence-electron chi connectivity index (χ4n) is 4.19. The van der Waals surface area contributed by atoms with Crippen LogP contribution in [0.4, 0.5) is 0 Å². The lowest BCUT2D eigenvalue weighted by molar-refractivity contribution is -0.147. The lowest BCUT2D eigenvalue weighted by atomic mass is 10.1. The first-order valence-electron chi connectivity index (χ1n) is 15.6. The molecule has 0 fully saturated rings. The summed E-state index contributed by atoms with van der Waals surface area (Å²) in [6, 6.07) is 0. The number of esters is 1. The van der Waals surface area contributed by atoms with Crippen molar-refractivity contribution in [1.82, 2.24) is 0 Å². The number of hydrogen-bond acceptors (Lipinski definition) is 5. The molecule has 1 atom stereocenters. The minimum absolute atomic E-state index is 0.104. The van der Waals surface area contributed by atoms with E-state index in [2.05, 4.69) is 13.8 Å². The molecule has 6 nitrogen and oxygen atoms in total. The number of carboxylic acid groups (broad SMARTS) is 1. The molecule has 0 spiro atoms. The number of aliphatic hydroxyl groups excluding tert-OH is 2. The van der Waals surface area contributed by atoms with Crippen LogP contribution in [0.15, 0.2) is 0 Å². The molecule has 0 amide bonds. The number of unbranched alkanes of at least 4 members (excludes halogenated alkanes) is 20. The lowest BCUT2D eigenvalue weighted by Crippen LogP contribution is -2.21. The summed E-state index contributed by atoms with van der Waals surface area (Å²) in [5.74, 6) is -0.936. The molecule has 1 unspecified atom stereocenters. The molecule has 0 saturated heterocycles. The Morgan fingerprint density at radius 2 is 0.892 bits per heavy atom. The molecule has 0 aromatic carbocycles. The number of ether oxygens (including phenoxy) is 1. The highest BCUT2D eigenvalue weighted by Gasteiger charge is 2.07. The van der Waals surface area contributed by atoms with Crippen LogP contribution in [0, 0.1) is 0 Å². The highest BCUT2D eigenvalue weighted by atomic mass is 16.5. The molecule has 37 heavy (non-hydrogen) atoms. The predicted molar refractivity (Wildman–Crippen MR) is 154 cm³/mol. The number of carbonyl (C=O) groups is 2. The van der Waals surface area contributed by atoms with E-state index in [0.717, 1.165) is 25.7 Å². The van der Waals surface area contributed by atoms with Gasteiger partial charge in [0.05, 0.1) is 6.61 Å². The van der Waals surface area contributed by atoms with E-state index in [1.165, 1.54) is 116 Å². The molecule has 0 radical (unpaired) electrons. The maximum absolute atomic E-state index is 11.3. The summed E-state index contributed by atoms with van der Waals surface area (Å²) < 4.78 is 4.84. The summed E-state index contributed by atoms with van der Waals surface area (Å²) in [6.45, 7) is 4.01. The zero-order chi connectivity index (χ0) is 27.8. The van der Waals surface area contributed by atoms with Gasteiger partial charge < -0.3 is 20.1 Å². The maximum Gasteiger partial charge on any atom is 0.305 e. The molecule has 0 aliphatic heterocycles. The first-order valence-corrected chi connectivity index (χ1v) is 15.6. The second-order valence-corrected chi connectivity index (χ2v) is 10.5. The van der Waals surface area contributed by atoms with E-state index in [-0.39, 0.29) is 19.2 Å². The summed E-state index contributed by atoms with van der Waals surface area (Å²) in [5, 5.41) is 26.1. The summed E-state index contributed by atoms with van der Waals surface area (Å²) in [5.41, 5.74) is 0. The van der Waals surface area contributed by atoms with Crippen LogP contribution >= 0.6 is 0 Å². The van der Waals surface area contributed by atoms with Gasteiger partial charge >= 0.3 is 11.9 Å². The van der Waals surface area contributed by atoms with Gasteiger partial charge in [0.25, 0.3) is 0 Å². The molecule has 0 aliphatic rings. The smallest absolute Gasteiger partial charge is 0.305 e. The van der Waals surface area contributed by atoms with Crippen LogP contribution in [0.2, 0.25) is 0 Å². The van der Waals surface area contributed by atoms with Gasteiger partial charge in [-0.2, -0.15) is 0 Å². The third-order valence-electron chi connectivity index (χ3n) is 6.63. The molecule has 0 rings (SSSR count). The average molecular weight is 531 g/mol. The zero-order valence-corrected chi connectivity index (χ0v) is 24.5. The fourth-order valence-corrected chi connectivity index (χ4v) is 4.19. The van der Waals surface area contributed by atoms with Crippen LogP contribution in [0.5, 0.6) is 0 Å². The normalized spacial score (nSPS) is 11.6. The van der Waals surface area contributed by atoms with Crippen molar-refractivity contribution < 1.29 is 29.6 Å². The summed E-state index contributed by atoms with van der Waals surface area (Å²) in [7, 11) is 0. The molecule has 0 aromatic heterocycles. The number of rotatable bonds is 27. The molecular weight excluding hydrogens is 468 g/mol. The van der Waals surface area contributed by atoms with E-state index in [1.54, 1.807) is 0 Å². The Hall–Kier alpha value is -1.14. The van der Waals surface area contributed by atoms with Gasteiger partial charge in [-0.15, -0.1) is 0 Å². The standard InChI is InChI=1S/C17H34O4.C14H28O2/c1-2-3-4-5-6-7-8-9-10-11-12-13-17(20)21-15-16(19)14-18;1-2-3-4-5-6-7-8-9-10-11-12-13-14(15)16/h16,18-19H,2-15H2,1H3;2-13H2,1H3,(H,15,16). The van der Waals surface area contributed by atoms with Gasteiger partial charge in [-0.05, 0) is 12.8 Å². The average Bonchev–Trinajstić information content (AvgIpc) is 2.89. The molecule has 0 bridgehead atoms. The Morgan fingerprint density at radius 1 is 0.568 bits per heavy atom. The van der Waals surface area contributed by atoms with Crippen molar-refractivity contribution in [2.45, 2.75) is 174 Å². The van der Waals surface area contributed by atoms with Crippen LogP contribution in [-0.2, 0) is 14.3 Å². The van der Waals surface area contributed by atoms with Crippen LogP contribution in [-0.4, -0.2) is 46.6 Å². The Bertz CT molecular complexity index is 469. The first-order chi connectivity index (χ1) is 18.0. The Kier molecular flexibility index (Phi) is 33.8. The lowest BCUT2D eigenvalue weighted by Gasteiger charge is -2.08. The van der Waals surface area contributed by atoms with Crippen molar-refractivity contribution in [2.75, 3.05) is 13.2 Å². The Labute approximate surface area is 229 Å². The summed E-state index contributed by atoms with van der Waals surface area (Å²) in [6.07, 6.45) is 27.6. The van der Waals surface area contributed by atoms with Crippen molar-refractivity contribution in [2.24, 2.45) is 0 Å². The zero-order valence-electron chi connectivity index (χ0n) is 24.5. The van der Waals surface area contributed by atoms with E-state index >= 15 is 0 Å². The van der Waals surface area contributed by atoms with Gasteiger partial charge in [-0.25, -0.2) is 0 Å². The van der Waals surface area contributed by atoms with E-state index in [0.29, 0.717) is 12.8 Å². The van der Waals surface area contributed by atoms with Gasteiger partial charge in [0.15, 0.2) is 0 Å². The molecular formula is C31H62O6. The monoisotopic (exact) mass is 530 g/mol. The van der Waals surface area contributed by atoms with Gasteiger partial charge in [0, 0.05) is 12.8 Å². The Balaban J connectivity index is 0. The summed E-state index contributed by atoms with van der Waals surface area (Å²) in [4.78, 5) is 21.6. The molecule has 222 valence electrons. The maximum atomic E-state index is 11.3. The molecule has 0 heterocycles. The van der Waals surface area contributed by atoms with Crippen molar-refractivity contribution in [1.29, 1.82) is 0 Å². The van der Waals surface area contributed by atoms with Crippen LogP contribution in [0.1, 0.15) is 168 Å². The molecule has 0 aromatic rings. The van der Waals surface area contributed by atoms with Crippen molar-refractivity contribution >= 4 is 11.9 Å². The summed E-state index contributed by atoms with van der Waals surface area (Å²) >= 11 is 0. The second-order valence-electron chi connectivity index (χ2n) is 10.5. The predicted octanol–water partition coefficient (Wildman–Crippen LogP) is 8.36. The third kappa shape index (κ3) is 37.1. The van der Waals surface area contributed by atoms with E-state index < -0.39 is 12.1 Å². The second kappa shape index (κ2) is 32.9. The first kappa shape index (κ1) is 38.0. The van der Waals surface area contributed by atoms with Crippen LogP contribution < -0.4 is 0 Å². The van der Waals surface area contributed by atoms with E-state index in [1.807, 2.05) is 0 Å². The van der Waals surface area contributed by atoms with Crippen molar-refractivity contribution in [3.05, 3.63) is 0 Å². The number of carbonyl (C=O) groups excluding carboxylic acids is 1. The van der Waals surface area contributed by atoms with Gasteiger partial charge in [0.1, 0.15) is 12.7 Å². The number of hydrogen-bond donors (Lipinski definition) is 3. The van der Waals surface area contributed by atoms with Crippen molar-refractivity contribution in [3.8, 4) is 0 Å². The van der Waals surface area contributed by atoms with E-state index in [4.69, 9.17) is 20.1 Å². The molecule has 0 aliphatic carbocycles. The molecule has 6 heteroatoms. The van der Waals surface area contributed by atoms with Gasteiger partial charge in [-0.1, -0.05) is 142 Å².